The minimum absolute atomic E-state index is 0.0127. The third-order valence-electron chi connectivity index (χ3n) is 4.68. The Labute approximate surface area is 190 Å². The predicted molar refractivity (Wildman–Crippen MR) is 127 cm³/mol. The number of nitrogens with zero attached hydrogens (tertiary/aromatic N) is 2. The molecule has 32 heavy (non-hydrogen) atoms. The Morgan fingerprint density at radius 1 is 1.19 bits per heavy atom. The number of rotatable bonds is 11. The van der Waals surface area contributed by atoms with Crippen LogP contribution in [0.3, 0.4) is 0 Å². The zero-order valence-corrected chi connectivity index (χ0v) is 18.8. The van der Waals surface area contributed by atoms with Crippen LogP contribution in [0.5, 0.6) is 11.5 Å². The molecule has 0 saturated carbocycles. The molecule has 0 aliphatic carbocycles. The summed E-state index contributed by atoms with van der Waals surface area (Å²) in [7, 11) is 1.58. The number of thiazole rings is 1. The molecule has 0 radical (unpaired) electrons. The van der Waals surface area contributed by atoms with Crippen molar-refractivity contribution in [1.82, 2.24) is 4.98 Å². The number of carbonyl (C=O) groups excluding carboxylic acids is 1. The summed E-state index contributed by atoms with van der Waals surface area (Å²) < 4.78 is 11.9. The second-order valence-electron chi connectivity index (χ2n) is 7.07. The molecular weight excluding hydrogens is 430 g/mol. The summed E-state index contributed by atoms with van der Waals surface area (Å²) in [5, 5.41) is 14.0. The van der Waals surface area contributed by atoms with Gasteiger partial charge in [-0.3, -0.25) is 20.2 Å². The maximum atomic E-state index is 12.3. The lowest BCUT2D eigenvalue weighted by Crippen LogP contribution is -2.07. The van der Waals surface area contributed by atoms with Crippen LogP contribution in [0.15, 0.2) is 42.5 Å². The van der Waals surface area contributed by atoms with Crippen molar-refractivity contribution in [3.63, 3.8) is 0 Å². The van der Waals surface area contributed by atoms with E-state index in [-0.39, 0.29) is 11.6 Å². The summed E-state index contributed by atoms with van der Waals surface area (Å²) in [6.45, 7) is 2.81. The van der Waals surface area contributed by atoms with E-state index < -0.39 is 4.92 Å². The summed E-state index contributed by atoms with van der Waals surface area (Å²) in [4.78, 5) is 27.0. The fourth-order valence-corrected chi connectivity index (χ4v) is 3.92. The van der Waals surface area contributed by atoms with Crippen LogP contribution in [-0.2, 0) is 4.79 Å². The molecule has 0 aliphatic rings. The molecule has 3 rings (SSSR count). The monoisotopic (exact) mass is 455 g/mol. The van der Waals surface area contributed by atoms with E-state index in [0.29, 0.717) is 33.5 Å². The average molecular weight is 456 g/mol. The topological polar surface area (TPSA) is 104 Å². The van der Waals surface area contributed by atoms with Crippen LogP contribution >= 0.6 is 11.3 Å². The van der Waals surface area contributed by atoms with E-state index in [0.717, 1.165) is 18.4 Å². The number of unbranched alkanes of at least 4 members (excludes halogenated alkanes) is 3. The summed E-state index contributed by atoms with van der Waals surface area (Å²) in [5.74, 6) is 0.929. The molecule has 0 aliphatic heterocycles. The number of ether oxygens (including phenoxy) is 2. The largest absolute Gasteiger partial charge is 0.493 e. The standard InChI is InChI=1S/C23H25N3O5S/c1-3-4-5-6-13-31-19-11-7-16(14-20(19)30-2)8-12-22(27)25-23-24-18-10-9-17(26(28)29)15-21(18)32-23/h7-12,14-15H,3-6,13H2,1-2H3,(H,24,25,27)/b12-8+. The number of nitro groups is 1. The van der Waals surface area contributed by atoms with Crippen LogP contribution in [0.1, 0.15) is 38.2 Å². The van der Waals surface area contributed by atoms with E-state index in [1.807, 2.05) is 18.2 Å². The number of nitro benzene ring substituents is 1. The quantitative estimate of drug-likeness (QED) is 0.169. The molecule has 1 N–H and O–H groups in total. The van der Waals surface area contributed by atoms with Crippen molar-refractivity contribution in [2.24, 2.45) is 0 Å². The van der Waals surface area contributed by atoms with Crippen LogP contribution in [0.25, 0.3) is 16.3 Å². The van der Waals surface area contributed by atoms with E-state index >= 15 is 0 Å². The minimum Gasteiger partial charge on any atom is -0.493 e. The number of benzene rings is 2. The number of nitrogens with one attached hydrogen (secondary N) is 1. The van der Waals surface area contributed by atoms with Crippen molar-refractivity contribution in [2.45, 2.75) is 32.6 Å². The molecule has 0 unspecified atom stereocenters. The minimum atomic E-state index is -0.461. The Morgan fingerprint density at radius 2 is 2.03 bits per heavy atom. The number of non-ortho nitro benzene ring substituents is 1. The first-order valence-electron chi connectivity index (χ1n) is 10.3. The summed E-state index contributed by atoms with van der Waals surface area (Å²) in [6.07, 6.45) is 7.58. The Morgan fingerprint density at radius 3 is 2.78 bits per heavy atom. The van der Waals surface area contributed by atoms with Crippen molar-refractivity contribution >= 4 is 44.4 Å². The first-order valence-corrected chi connectivity index (χ1v) is 11.2. The fourth-order valence-electron chi connectivity index (χ4n) is 3.02. The van der Waals surface area contributed by atoms with Crippen LogP contribution in [0.4, 0.5) is 10.8 Å². The lowest BCUT2D eigenvalue weighted by atomic mass is 10.2. The molecule has 0 fully saturated rings. The maximum Gasteiger partial charge on any atom is 0.270 e. The highest BCUT2D eigenvalue weighted by molar-refractivity contribution is 7.22. The van der Waals surface area contributed by atoms with Gasteiger partial charge in [-0.25, -0.2) is 4.98 Å². The van der Waals surface area contributed by atoms with Crippen LogP contribution in [0.2, 0.25) is 0 Å². The number of aromatic nitrogens is 1. The van der Waals surface area contributed by atoms with E-state index in [9.17, 15) is 14.9 Å². The number of methoxy groups -OCH3 is 1. The number of anilines is 1. The molecule has 3 aromatic rings. The number of hydrogen-bond acceptors (Lipinski definition) is 7. The molecule has 1 amide bonds. The van der Waals surface area contributed by atoms with Crippen molar-refractivity contribution in [2.75, 3.05) is 19.0 Å². The van der Waals surface area contributed by atoms with Crippen LogP contribution < -0.4 is 14.8 Å². The van der Waals surface area contributed by atoms with Gasteiger partial charge in [-0.2, -0.15) is 0 Å². The second-order valence-corrected chi connectivity index (χ2v) is 8.10. The average Bonchev–Trinajstić information content (AvgIpc) is 3.19. The van der Waals surface area contributed by atoms with Gasteiger partial charge in [-0.15, -0.1) is 0 Å². The third kappa shape index (κ3) is 6.27. The van der Waals surface area contributed by atoms with Crippen molar-refractivity contribution in [3.05, 3.63) is 58.2 Å². The molecule has 1 heterocycles. The number of carbonyl (C=O) groups is 1. The molecule has 9 heteroatoms. The zero-order valence-electron chi connectivity index (χ0n) is 18.0. The summed E-state index contributed by atoms with van der Waals surface area (Å²) in [5.41, 5.74) is 1.37. The molecule has 0 atom stereocenters. The van der Waals surface area contributed by atoms with Gasteiger partial charge in [0, 0.05) is 18.2 Å². The van der Waals surface area contributed by atoms with Gasteiger partial charge in [-0.05, 0) is 36.3 Å². The van der Waals surface area contributed by atoms with Crippen molar-refractivity contribution in [1.29, 1.82) is 0 Å². The van der Waals surface area contributed by atoms with Gasteiger partial charge < -0.3 is 9.47 Å². The molecular formula is C23H25N3O5S. The zero-order chi connectivity index (χ0) is 22.9. The fraction of sp³-hybridized carbons (Fsp3) is 0.304. The number of amides is 1. The van der Waals surface area contributed by atoms with Crippen LogP contribution in [0, 0.1) is 10.1 Å². The first-order chi connectivity index (χ1) is 15.5. The van der Waals surface area contributed by atoms with Crippen molar-refractivity contribution in [3.8, 4) is 11.5 Å². The van der Waals surface area contributed by atoms with Gasteiger partial charge in [0.15, 0.2) is 16.6 Å². The molecule has 0 spiro atoms. The van der Waals surface area contributed by atoms with Gasteiger partial charge in [-0.1, -0.05) is 43.6 Å². The highest BCUT2D eigenvalue weighted by Gasteiger charge is 2.11. The van der Waals surface area contributed by atoms with E-state index in [4.69, 9.17) is 9.47 Å². The maximum absolute atomic E-state index is 12.3. The van der Waals surface area contributed by atoms with E-state index in [1.165, 1.54) is 42.4 Å². The lowest BCUT2D eigenvalue weighted by molar-refractivity contribution is -0.384. The highest BCUT2D eigenvalue weighted by Crippen LogP contribution is 2.30. The lowest BCUT2D eigenvalue weighted by Gasteiger charge is -2.11. The Balaban J connectivity index is 1.61. The summed E-state index contributed by atoms with van der Waals surface area (Å²) in [6, 6.07) is 9.88. The van der Waals surface area contributed by atoms with Gasteiger partial charge in [0.25, 0.3) is 5.69 Å². The SMILES string of the molecule is CCCCCCOc1ccc(/C=C/C(=O)Nc2nc3ccc([N+](=O)[O-])cc3s2)cc1OC. The smallest absolute Gasteiger partial charge is 0.270 e. The van der Waals surface area contributed by atoms with Crippen molar-refractivity contribution < 1.29 is 19.2 Å². The molecule has 2 aromatic carbocycles. The van der Waals surface area contributed by atoms with Gasteiger partial charge in [0.1, 0.15) is 0 Å². The Hall–Kier alpha value is -3.46. The number of fused-ring (bicyclic) bond motifs is 1. The third-order valence-corrected chi connectivity index (χ3v) is 5.62. The molecule has 0 saturated heterocycles. The van der Waals surface area contributed by atoms with Crippen LogP contribution in [-0.4, -0.2) is 29.5 Å². The molecule has 8 nitrogen and oxygen atoms in total. The van der Waals surface area contributed by atoms with Gasteiger partial charge >= 0.3 is 0 Å². The Kier molecular flexibility index (Phi) is 8.15. The molecule has 0 bridgehead atoms. The first kappa shape index (κ1) is 23.2. The molecule has 1 aromatic heterocycles. The summed E-state index contributed by atoms with van der Waals surface area (Å²) >= 11 is 1.18. The van der Waals surface area contributed by atoms with Gasteiger partial charge in [0.05, 0.1) is 28.9 Å². The van der Waals surface area contributed by atoms with Gasteiger partial charge in [0.2, 0.25) is 5.91 Å². The Bertz CT molecular complexity index is 1130. The van der Waals surface area contributed by atoms with E-state index in [1.54, 1.807) is 19.3 Å². The second kappa shape index (κ2) is 11.2. The van der Waals surface area contributed by atoms with E-state index in [2.05, 4.69) is 17.2 Å². The number of hydrogen-bond donors (Lipinski definition) is 1. The predicted octanol–water partition coefficient (Wildman–Crippen LogP) is 5.82. The molecule has 168 valence electrons. The highest BCUT2D eigenvalue weighted by atomic mass is 32.1. The normalized spacial score (nSPS) is 11.1.